The molecule has 3 nitrogen and oxygen atoms in total. The van der Waals surface area contributed by atoms with Crippen LogP contribution in [0.4, 0.5) is 0 Å². The van der Waals surface area contributed by atoms with E-state index in [9.17, 15) is 8.42 Å². The van der Waals surface area contributed by atoms with Crippen molar-refractivity contribution in [2.45, 2.75) is 30.8 Å². The minimum absolute atomic E-state index is 0.0984. The summed E-state index contributed by atoms with van der Waals surface area (Å²) in [7, 11) is -3.47. The molecule has 114 valence electrons. The first-order chi connectivity index (χ1) is 10.6. The van der Waals surface area contributed by atoms with E-state index in [1.165, 1.54) is 0 Å². The number of sulfonamides is 1. The molecular formula is C18H19NO2S. The lowest BCUT2D eigenvalue weighted by Gasteiger charge is -2.07. The number of aryl methyl sites for hydroxylation is 1. The van der Waals surface area contributed by atoms with Crippen molar-refractivity contribution in [2.75, 3.05) is 0 Å². The van der Waals surface area contributed by atoms with Gasteiger partial charge in [-0.3, -0.25) is 0 Å². The predicted molar refractivity (Wildman–Crippen MR) is 88.0 cm³/mol. The third kappa shape index (κ3) is 2.60. The molecule has 0 aliphatic carbocycles. The fourth-order valence-corrected chi connectivity index (χ4v) is 4.47. The third-order valence-corrected chi connectivity index (χ3v) is 5.82. The predicted octanol–water partition coefficient (Wildman–Crippen LogP) is 3.69. The maximum absolute atomic E-state index is 12.9. The van der Waals surface area contributed by atoms with Crippen LogP contribution in [0, 0.1) is 6.92 Å². The highest BCUT2D eigenvalue weighted by Crippen LogP contribution is 2.48. The summed E-state index contributed by atoms with van der Waals surface area (Å²) >= 11 is 0. The first-order valence-corrected chi connectivity index (χ1v) is 8.77. The molecule has 1 heterocycles. The minimum atomic E-state index is -3.47. The van der Waals surface area contributed by atoms with Gasteiger partial charge in [0.25, 0.3) is 0 Å². The van der Waals surface area contributed by atoms with Crippen LogP contribution in [-0.2, 0) is 10.0 Å². The van der Waals surface area contributed by atoms with E-state index in [0.717, 1.165) is 11.1 Å². The standard InChI is InChI=1S/C18H19NO2S/c1-3-7-17-18(15-8-5-4-6-9-15)19(17)22(20,21)16-12-10-14(2)11-13-16/h3-13,17-18H,1-2H3/b7-3+/t17-,18-,19?/m1/s1. The van der Waals surface area contributed by atoms with E-state index in [1.54, 1.807) is 16.4 Å². The van der Waals surface area contributed by atoms with Crippen LogP contribution in [0.25, 0.3) is 0 Å². The molecule has 1 fully saturated rings. The lowest BCUT2D eigenvalue weighted by molar-refractivity contribution is 0.550. The number of hydrogen-bond acceptors (Lipinski definition) is 2. The molecule has 1 unspecified atom stereocenters. The van der Waals surface area contributed by atoms with E-state index >= 15 is 0 Å². The molecule has 0 N–H and O–H groups in total. The van der Waals surface area contributed by atoms with E-state index in [4.69, 9.17) is 0 Å². The van der Waals surface area contributed by atoms with E-state index in [1.807, 2.05) is 68.5 Å². The molecule has 1 saturated heterocycles. The van der Waals surface area contributed by atoms with Gasteiger partial charge in [0.1, 0.15) is 0 Å². The Morgan fingerprint density at radius 3 is 2.23 bits per heavy atom. The molecular weight excluding hydrogens is 294 g/mol. The van der Waals surface area contributed by atoms with Gasteiger partial charge in [-0.15, -0.1) is 0 Å². The van der Waals surface area contributed by atoms with Crippen LogP contribution in [0.5, 0.6) is 0 Å². The van der Waals surface area contributed by atoms with Crippen molar-refractivity contribution in [1.29, 1.82) is 0 Å². The summed E-state index contributed by atoms with van der Waals surface area (Å²) in [5.74, 6) is 0. The monoisotopic (exact) mass is 313 g/mol. The zero-order valence-corrected chi connectivity index (χ0v) is 13.5. The molecule has 2 aromatic carbocycles. The highest BCUT2D eigenvalue weighted by atomic mass is 32.2. The van der Waals surface area contributed by atoms with Crippen LogP contribution in [0.3, 0.4) is 0 Å². The minimum Gasteiger partial charge on any atom is -0.207 e. The highest BCUT2D eigenvalue weighted by molar-refractivity contribution is 7.89. The summed E-state index contributed by atoms with van der Waals surface area (Å²) in [6, 6.07) is 16.6. The smallest absolute Gasteiger partial charge is 0.207 e. The number of rotatable bonds is 4. The Balaban J connectivity index is 1.97. The van der Waals surface area contributed by atoms with Crippen LogP contribution in [0.2, 0.25) is 0 Å². The van der Waals surface area contributed by atoms with Gasteiger partial charge in [0.05, 0.1) is 17.0 Å². The number of benzene rings is 2. The molecule has 22 heavy (non-hydrogen) atoms. The summed E-state index contributed by atoms with van der Waals surface area (Å²) < 4.78 is 27.3. The Bertz CT molecular complexity index is 780. The molecule has 0 spiro atoms. The fraction of sp³-hybridized carbons (Fsp3) is 0.222. The number of allylic oxidation sites excluding steroid dienone is 1. The van der Waals surface area contributed by atoms with Crippen molar-refractivity contribution in [3.63, 3.8) is 0 Å². The maximum atomic E-state index is 12.9. The van der Waals surface area contributed by atoms with Crippen molar-refractivity contribution in [2.24, 2.45) is 0 Å². The van der Waals surface area contributed by atoms with Gasteiger partial charge in [-0.25, -0.2) is 8.42 Å². The van der Waals surface area contributed by atoms with E-state index in [2.05, 4.69) is 0 Å². The molecule has 3 atom stereocenters. The van der Waals surface area contributed by atoms with Crippen molar-refractivity contribution in [3.05, 3.63) is 77.9 Å². The molecule has 1 aliphatic rings. The Kier molecular flexibility index (Phi) is 3.89. The van der Waals surface area contributed by atoms with Crippen LogP contribution in [0.1, 0.15) is 24.1 Å². The second kappa shape index (κ2) is 5.71. The van der Waals surface area contributed by atoms with Crippen LogP contribution in [0.15, 0.2) is 71.6 Å². The lowest BCUT2D eigenvalue weighted by atomic mass is 10.1. The van der Waals surface area contributed by atoms with Gasteiger partial charge < -0.3 is 0 Å². The Morgan fingerprint density at radius 2 is 1.64 bits per heavy atom. The Labute approximate surface area is 132 Å². The van der Waals surface area contributed by atoms with Gasteiger partial charge in [0.2, 0.25) is 10.0 Å². The molecule has 1 aliphatic heterocycles. The van der Waals surface area contributed by atoms with E-state index in [0.29, 0.717) is 4.90 Å². The second-order valence-corrected chi connectivity index (χ2v) is 7.36. The lowest BCUT2D eigenvalue weighted by Crippen LogP contribution is -2.14. The first-order valence-electron chi connectivity index (χ1n) is 7.33. The summed E-state index contributed by atoms with van der Waals surface area (Å²) in [5, 5.41) is 0. The van der Waals surface area contributed by atoms with Crippen molar-refractivity contribution in [1.82, 2.24) is 4.31 Å². The molecule has 0 bridgehead atoms. The van der Waals surface area contributed by atoms with Gasteiger partial charge >= 0.3 is 0 Å². The van der Waals surface area contributed by atoms with Gasteiger partial charge in [-0.1, -0.05) is 60.2 Å². The fourth-order valence-electron chi connectivity index (χ4n) is 2.75. The van der Waals surface area contributed by atoms with Gasteiger partial charge in [0.15, 0.2) is 0 Å². The number of hydrogen-bond donors (Lipinski definition) is 0. The third-order valence-electron chi connectivity index (χ3n) is 3.93. The topological polar surface area (TPSA) is 37.1 Å². The van der Waals surface area contributed by atoms with Crippen LogP contribution < -0.4 is 0 Å². The van der Waals surface area contributed by atoms with Gasteiger partial charge in [0, 0.05) is 0 Å². The van der Waals surface area contributed by atoms with Crippen molar-refractivity contribution >= 4 is 10.0 Å². The average Bonchev–Trinajstić information content (AvgIpc) is 3.24. The molecule has 0 aromatic heterocycles. The van der Waals surface area contributed by atoms with Crippen LogP contribution >= 0.6 is 0 Å². The van der Waals surface area contributed by atoms with Crippen molar-refractivity contribution in [3.8, 4) is 0 Å². The molecule has 0 amide bonds. The van der Waals surface area contributed by atoms with E-state index in [-0.39, 0.29) is 12.1 Å². The largest absolute Gasteiger partial charge is 0.244 e. The quantitative estimate of drug-likeness (QED) is 0.638. The van der Waals surface area contributed by atoms with Crippen molar-refractivity contribution < 1.29 is 8.42 Å². The summed E-state index contributed by atoms with van der Waals surface area (Å²) in [6.07, 6.45) is 3.86. The molecule has 3 rings (SSSR count). The SMILES string of the molecule is C/C=C/[C@@H]1[C@@H](c2ccccc2)N1S(=O)(=O)c1ccc(C)cc1. The summed E-state index contributed by atoms with van der Waals surface area (Å²) in [6.45, 7) is 3.86. The zero-order valence-electron chi connectivity index (χ0n) is 12.7. The molecule has 4 heteroatoms. The molecule has 2 aromatic rings. The Hall–Kier alpha value is -1.91. The first kappa shape index (κ1) is 15.0. The highest BCUT2D eigenvalue weighted by Gasteiger charge is 2.54. The second-order valence-electron chi connectivity index (χ2n) is 5.52. The molecule has 0 radical (unpaired) electrons. The van der Waals surface area contributed by atoms with E-state index < -0.39 is 10.0 Å². The van der Waals surface area contributed by atoms with Gasteiger partial charge in [-0.2, -0.15) is 4.31 Å². The average molecular weight is 313 g/mol. The van der Waals surface area contributed by atoms with Crippen LogP contribution in [-0.4, -0.2) is 18.8 Å². The summed E-state index contributed by atoms with van der Waals surface area (Å²) in [4.78, 5) is 0.353. The molecule has 0 saturated carbocycles. The summed E-state index contributed by atoms with van der Waals surface area (Å²) in [5.41, 5.74) is 2.08. The maximum Gasteiger partial charge on any atom is 0.244 e. The Morgan fingerprint density at radius 1 is 1.00 bits per heavy atom. The normalized spacial score (nSPS) is 24.5. The number of nitrogens with zero attached hydrogens (tertiary/aromatic N) is 1. The van der Waals surface area contributed by atoms with Gasteiger partial charge in [-0.05, 0) is 31.5 Å². The zero-order chi connectivity index (χ0) is 15.7.